The summed E-state index contributed by atoms with van der Waals surface area (Å²) in [5.74, 6) is 0.447. The second kappa shape index (κ2) is 3.13. The molecule has 1 saturated carbocycles. The van der Waals surface area contributed by atoms with Crippen LogP contribution in [0.15, 0.2) is 22.7 Å². The van der Waals surface area contributed by atoms with Crippen molar-refractivity contribution in [3.05, 3.63) is 33.8 Å². The lowest BCUT2D eigenvalue weighted by atomic mass is 10.1. The van der Waals surface area contributed by atoms with Crippen LogP contribution in [0.4, 0.5) is 0 Å². The van der Waals surface area contributed by atoms with E-state index in [0.29, 0.717) is 11.5 Å². The predicted octanol–water partition coefficient (Wildman–Crippen LogP) is 2.14. The average molecular weight is 237 g/mol. The van der Waals surface area contributed by atoms with Gasteiger partial charge in [-0.1, -0.05) is 15.9 Å². The molecule has 0 saturated heterocycles. The maximum Gasteiger partial charge on any atom is 0.0991 e. The number of hydrogen-bond donors (Lipinski definition) is 1. The average Bonchev–Trinajstić information content (AvgIpc) is 2.83. The van der Waals surface area contributed by atoms with Crippen LogP contribution in [0.1, 0.15) is 23.5 Å². The Bertz CT molecular complexity index is 381. The zero-order valence-corrected chi connectivity index (χ0v) is 8.58. The number of rotatable bonds is 1. The monoisotopic (exact) mass is 236 g/mol. The lowest BCUT2D eigenvalue weighted by molar-refractivity contribution is 0.985. The summed E-state index contributed by atoms with van der Waals surface area (Å²) in [6, 6.07) is 8.05. The molecule has 0 amide bonds. The Morgan fingerprint density at radius 1 is 1.54 bits per heavy atom. The smallest absolute Gasteiger partial charge is 0.0991 e. The first-order valence-corrected chi connectivity index (χ1v) is 4.97. The van der Waals surface area contributed by atoms with Gasteiger partial charge >= 0.3 is 0 Å². The second-order valence-corrected chi connectivity index (χ2v) is 4.21. The lowest BCUT2D eigenvalue weighted by Gasteiger charge is -2.02. The summed E-state index contributed by atoms with van der Waals surface area (Å²) in [5.41, 5.74) is 7.63. The van der Waals surface area contributed by atoms with Gasteiger partial charge in [0, 0.05) is 16.4 Å². The van der Waals surface area contributed by atoms with Gasteiger partial charge in [-0.3, -0.25) is 0 Å². The van der Waals surface area contributed by atoms with E-state index in [4.69, 9.17) is 11.0 Å². The van der Waals surface area contributed by atoms with E-state index in [1.54, 1.807) is 0 Å². The number of nitriles is 1. The molecular formula is C10H9BrN2. The maximum absolute atomic E-state index is 8.72. The Hall–Kier alpha value is -0.850. The fourth-order valence-electron chi connectivity index (χ4n) is 1.47. The van der Waals surface area contributed by atoms with Gasteiger partial charge < -0.3 is 5.73 Å². The topological polar surface area (TPSA) is 49.8 Å². The van der Waals surface area contributed by atoms with Crippen molar-refractivity contribution in [3.8, 4) is 6.07 Å². The third-order valence-corrected chi connectivity index (χ3v) is 3.09. The van der Waals surface area contributed by atoms with Gasteiger partial charge in [-0.25, -0.2) is 0 Å². The van der Waals surface area contributed by atoms with Crippen LogP contribution in [0.25, 0.3) is 0 Å². The largest absolute Gasteiger partial charge is 0.327 e. The second-order valence-electron chi connectivity index (χ2n) is 3.35. The van der Waals surface area contributed by atoms with Crippen molar-refractivity contribution in [2.45, 2.75) is 18.4 Å². The van der Waals surface area contributed by atoms with E-state index in [9.17, 15) is 0 Å². The molecule has 1 aliphatic rings. The van der Waals surface area contributed by atoms with Gasteiger partial charge in [0.15, 0.2) is 0 Å². The Kier molecular flexibility index (Phi) is 2.10. The van der Waals surface area contributed by atoms with Crippen LogP contribution in [0.2, 0.25) is 0 Å². The molecule has 2 rings (SSSR count). The van der Waals surface area contributed by atoms with Crippen molar-refractivity contribution in [3.63, 3.8) is 0 Å². The van der Waals surface area contributed by atoms with Crippen molar-refractivity contribution < 1.29 is 0 Å². The normalized spacial score (nSPS) is 25.3. The van der Waals surface area contributed by atoms with Crippen LogP contribution in [-0.2, 0) is 0 Å². The molecule has 0 aliphatic heterocycles. The Morgan fingerprint density at radius 2 is 2.23 bits per heavy atom. The van der Waals surface area contributed by atoms with Gasteiger partial charge in [0.1, 0.15) is 0 Å². The molecule has 0 heterocycles. The third-order valence-electron chi connectivity index (χ3n) is 2.36. The van der Waals surface area contributed by atoms with Crippen LogP contribution >= 0.6 is 15.9 Å². The van der Waals surface area contributed by atoms with E-state index < -0.39 is 0 Å². The molecule has 1 aromatic rings. The number of nitrogens with two attached hydrogens (primary N) is 1. The van der Waals surface area contributed by atoms with E-state index in [-0.39, 0.29) is 6.04 Å². The van der Waals surface area contributed by atoms with Crippen LogP contribution in [0.5, 0.6) is 0 Å². The maximum atomic E-state index is 8.72. The molecule has 0 bridgehead atoms. The number of halogens is 1. The summed E-state index contributed by atoms with van der Waals surface area (Å²) in [4.78, 5) is 0. The van der Waals surface area contributed by atoms with Crippen molar-refractivity contribution in [2.75, 3.05) is 0 Å². The summed E-state index contributed by atoms with van der Waals surface area (Å²) in [6.45, 7) is 0. The molecule has 66 valence electrons. The molecule has 0 aromatic heterocycles. The van der Waals surface area contributed by atoms with E-state index >= 15 is 0 Å². The van der Waals surface area contributed by atoms with E-state index in [2.05, 4.69) is 22.0 Å². The summed E-state index contributed by atoms with van der Waals surface area (Å²) >= 11 is 3.46. The molecule has 0 unspecified atom stereocenters. The van der Waals surface area contributed by atoms with Gasteiger partial charge in [0.2, 0.25) is 0 Å². The van der Waals surface area contributed by atoms with Crippen LogP contribution < -0.4 is 5.73 Å². The standard InChI is InChI=1S/C10H9BrN2/c11-9-2-1-6(5-12)3-7(9)8-4-10(8)13/h1-3,8,10H,4,13H2/t8-,10+/m0/s1. The minimum atomic E-state index is 0.283. The highest BCUT2D eigenvalue weighted by molar-refractivity contribution is 9.10. The summed E-state index contributed by atoms with van der Waals surface area (Å²) in [7, 11) is 0. The van der Waals surface area contributed by atoms with Crippen molar-refractivity contribution >= 4 is 15.9 Å². The van der Waals surface area contributed by atoms with Crippen molar-refractivity contribution in [1.29, 1.82) is 5.26 Å². The molecule has 2 nitrogen and oxygen atoms in total. The van der Waals surface area contributed by atoms with E-state index in [0.717, 1.165) is 10.9 Å². The van der Waals surface area contributed by atoms with Gasteiger partial charge in [0.05, 0.1) is 11.6 Å². The van der Waals surface area contributed by atoms with Gasteiger partial charge in [-0.2, -0.15) is 5.26 Å². The fraction of sp³-hybridized carbons (Fsp3) is 0.300. The van der Waals surface area contributed by atoms with E-state index in [1.165, 1.54) is 5.56 Å². The van der Waals surface area contributed by atoms with Gasteiger partial charge in [-0.05, 0) is 30.2 Å². The zero-order chi connectivity index (χ0) is 9.42. The highest BCUT2D eigenvalue weighted by Gasteiger charge is 2.36. The molecule has 2 N–H and O–H groups in total. The summed E-state index contributed by atoms with van der Waals surface area (Å²) in [6.07, 6.45) is 1.04. The first-order valence-electron chi connectivity index (χ1n) is 4.17. The number of hydrogen-bond acceptors (Lipinski definition) is 2. The van der Waals surface area contributed by atoms with Gasteiger partial charge in [-0.15, -0.1) is 0 Å². The highest BCUT2D eigenvalue weighted by Crippen LogP contribution is 2.42. The fourth-order valence-corrected chi connectivity index (χ4v) is 2.01. The SMILES string of the molecule is N#Cc1ccc(Br)c([C@@H]2C[C@H]2N)c1. The number of benzene rings is 1. The minimum Gasteiger partial charge on any atom is -0.327 e. The lowest BCUT2D eigenvalue weighted by Crippen LogP contribution is -2.01. The Labute approximate surface area is 85.5 Å². The molecule has 1 fully saturated rings. The molecule has 1 aromatic carbocycles. The Morgan fingerprint density at radius 3 is 2.77 bits per heavy atom. The van der Waals surface area contributed by atoms with Crippen molar-refractivity contribution in [1.82, 2.24) is 0 Å². The Balaban J connectivity index is 2.39. The summed E-state index contributed by atoms with van der Waals surface area (Å²) in [5, 5.41) is 8.72. The van der Waals surface area contributed by atoms with Crippen LogP contribution in [0, 0.1) is 11.3 Å². The van der Waals surface area contributed by atoms with Crippen molar-refractivity contribution in [2.24, 2.45) is 5.73 Å². The molecule has 3 heteroatoms. The molecule has 0 radical (unpaired) electrons. The molecule has 1 aliphatic carbocycles. The first-order chi connectivity index (χ1) is 6.22. The predicted molar refractivity (Wildman–Crippen MR) is 54.2 cm³/mol. The minimum absolute atomic E-state index is 0.283. The van der Waals surface area contributed by atoms with Crippen LogP contribution in [-0.4, -0.2) is 6.04 Å². The summed E-state index contributed by atoms with van der Waals surface area (Å²) < 4.78 is 1.06. The molecule has 2 atom stereocenters. The van der Waals surface area contributed by atoms with Crippen LogP contribution in [0.3, 0.4) is 0 Å². The van der Waals surface area contributed by atoms with Gasteiger partial charge in [0.25, 0.3) is 0 Å². The molecular weight excluding hydrogens is 228 g/mol. The molecule has 13 heavy (non-hydrogen) atoms. The number of nitrogens with zero attached hydrogens (tertiary/aromatic N) is 1. The quantitative estimate of drug-likeness (QED) is 0.813. The highest BCUT2D eigenvalue weighted by atomic mass is 79.9. The first kappa shape index (κ1) is 8.74. The van der Waals surface area contributed by atoms with E-state index in [1.807, 2.05) is 18.2 Å². The third kappa shape index (κ3) is 1.60. The molecule has 0 spiro atoms. The zero-order valence-electron chi connectivity index (χ0n) is 7.00.